The van der Waals surface area contributed by atoms with Crippen LogP contribution in [0, 0.1) is 0 Å². The predicted molar refractivity (Wildman–Crippen MR) is 77.0 cm³/mol. The minimum absolute atomic E-state index is 0.0117. The molecule has 0 saturated carbocycles. The Morgan fingerprint density at radius 3 is 3.15 bits per heavy atom. The molecule has 1 aromatic heterocycles. The Hall–Kier alpha value is -1.50. The van der Waals surface area contributed by atoms with E-state index in [0.717, 1.165) is 35.3 Å². The molecule has 0 bridgehead atoms. The van der Waals surface area contributed by atoms with E-state index in [1.165, 1.54) is 5.56 Å². The molecule has 0 fully saturated rings. The number of rotatable bonds is 6. The Kier molecular flexibility index (Phi) is 4.25. The number of para-hydroxylation sites is 1. The first-order valence-electron chi connectivity index (χ1n) is 6.63. The third-order valence-corrected chi connectivity index (χ3v) is 4.18. The lowest BCUT2D eigenvalue weighted by Gasteiger charge is -2.05. The van der Waals surface area contributed by atoms with E-state index in [1.807, 2.05) is 18.2 Å². The van der Waals surface area contributed by atoms with Crippen LogP contribution in [0.2, 0.25) is 0 Å². The van der Waals surface area contributed by atoms with Crippen LogP contribution in [-0.4, -0.2) is 30.5 Å². The van der Waals surface area contributed by atoms with Gasteiger partial charge in [0.25, 0.3) is 0 Å². The lowest BCUT2D eigenvalue weighted by Crippen LogP contribution is -2.18. The summed E-state index contributed by atoms with van der Waals surface area (Å²) < 4.78 is 10.9. The van der Waals surface area contributed by atoms with Gasteiger partial charge in [0.15, 0.2) is 11.1 Å². The fourth-order valence-electron chi connectivity index (χ4n) is 2.16. The Morgan fingerprint density at radius 1 is 1.40 bits per heavy atom. The van der Waals surface area contributed by atoms with Crippen molar-refractivity contribution in [2.45, 2.75) is 19.1 Å². The van der Waals surface area contributed by atoms with Crippen molar-refractivity contribution in [3.05, 3.63) is 39.8 Å². The lowest BCUT2D eigenvalue weighted by atomic mass is 10.1. The average Bonchev–Trinajstić information content (AvgIpc) is 3.09. The molecule has 5 nitrogen and oxygen atoms in total. The largest absolute Gasteiger partial charge is 0.483 e. The smallest absolute Gasteiger partial charge is 0.158 e. The van der Waals surface area contributed by atoms with Gasteiger partial charge < -0.3 is 14.8 Å². The number of hydrogen-bond donors (Lipinski definition) is 1. The molecule has 1 aromatic carbocycles. The summed E-state index contributed by atoms with van der Waals surface area (Å²) in [7, 11) is 1.69. The molecule has 2 heterocycles. The first kappa shape index (κ1) is 13.5. The summed E-state index contributed by atoms with van der Waals surface area (Å²) in [5.74, 6) is 0.965. The summed E-state index contributed by atoms with van der Waals surface area (Å²) in [5, 5.41) is 13.7. The van der Waals surface area contributed by atoms with Crippen LogP contribution < -0.4 is 10.1 Å². The van der Waals surface area contributed by atoms with Crippen molar-refractivity contribution in [1.82, 2.24) is 15.5 Å². The summed E-state index contributed by atoms with van der Waals surface area (Å²) in [6.07, 6.45) is 0.889. The highest BCUT2D eigenvalue weighted by atomic mass is 32.1. The maximum absolute atomic E-state index is 5.92. The number of nitrogens with zero attached hydrogens (tertiary/aromatic N) is 2. The number of ether oxygens (including phenoxy) is 2. The van der Waals surface area contributed by atoms with Crippen molar-refractivity contribution < 1.29 is 9.47 Å². The summed E-state index contributed by atoms with van der Waals surface area (Å²) in [5.41, 5.74) is 1.24. The van der Waals surface area contributed by atoms with Crippen LogP contribution in [0.1, 0.15) is 21.7 Å². The molecule has 3 rings (SSSR count). The van der Waals surface area contributed by atoms with Crippen LogP contribution in [0.15, 0.2) is 24.3 Å². The molecule has 0 spiro atoms. The maximum Gasteiger partial charge on any atom is 0.158 e. The van der Waals surface area contributed by atoms with Gasteiger partial charge in [0.05, 0.1) is 6.61 Å². The van der Waals surface area contributed by atoms with Crippen LogP contribution in [0.4, 0.5) is 0 Å². The topological polar surface area (TPSA) is 56.3 Å². The zero-order valence-electron chi connectivity index (χ0n) is 11.3. The molecule has 106 valence electrons. The number of methoxy groups -OCH3 is 1. The molecule has 0 radical (unpaired) electrons. The van der Waals surface area contributed by atoms with E-state index in [4.69, 9.17) is 9.47 Å². The highest BCUT2D eigenvalue weighted by molar-refractivity contribution is 7.11. The minimum atomic E-state index is 0.0117. The molecule has 1 aliphatic rings. The number of benzene rings is 1. The highest BCUT2D eigenvalue weighted by Gasteiger charge is 2.26. The van der Waals surface area contributed by atoms with Crippen LogP contribution in [-0.2, 0) is 17.7 Å². The van der Waals surface area contributed by atoms with Crippen LogP contribution >= 0.6 is 11.3 Å². The van der Waals surface area contributed by atoms with Gasteiger partial charge in [-0.05, 0) is 11.6 Å². The lowest BCUT2D eigenvalue weighted by molar-refractivity contribution is 0.199. The average molecular weight is 291 g/mol. The second-order valence-corrected chi connectivity index (χ2v) is 5.72. The standard InChI is InChI=1S/C14H17N3O2S/c1-18-7-6-15-9-13-16-17-14(20-13)12-8-10-4-2-3-5-11(10)19-12/h2-5,12,15H,6-9H2,1H3. The highest BCUT2D eigenvalue weighted by Crippen LogP contribution is 2.37. The Labute approximate surface area is 121 Å². The monoisotopic (exact) mass is 291 g/mol. The molecule has 0 amide bonds. The van der Waals surface area contributed by atoms with E-state index >= 15 is 0 Å². The molecular weight excluding hydrogens is 274 g/mol. The molecule has 0 saturated heterocycles. The molecule has 2 aromatic rings. The third-order valence-electron chi connectivity index (χ3n) is 3.16. The minimum Gasteiger partial charge on any atom is -0.483 e. The quantitative estimate of drug-likeness (QED) is 0.824. The molecular formula is C14H17N3O2S. The van der Waals surface area contributed by atoms with Gasteiger partial charge in [0, 0.05) is 26.6 Å². The number of nitrogens with one attached hydrogen (secondary N) is 1. The Morgan fingerprint density at radius 2 is 2.30 bits per heavy atom. The van der Waals surface area contributed by atoms with Crippen molar-refractivity contribution in [1.29, 1.82) is 0 Å². The Bertz CT molecular complexity index is 548. The molecule has 20 heavy (non-hydrogen) atoms. The van der Waals surface area contributed by atoms with Crippen molar-refractivity contribution in [2.24, 2.45) is 0 Å². The fraction of sp³-hybridized carbons (Fsp3) is 0.429. The summed E-state index contributed by atoms with van der Waals surface area (Å²) >= 11 is 1.61. The fourth-order valence-corrected chi connectivity index (χ4v) is 3.00. The molecule has 1 unspecified atom stereocenters. The van der Waals surface area contributed by atoms with E-state index in [2.05, 4.69) is 21.6 Å². The van der Waals surface area contributed by atoms with Gasteiger partial charge in [-0.25, -0.2) is 0 Å². The van der Waals surface area contributed by atoms with Crippen LogP contribution in [0.25, 0.3) is 0 Å². The molecule has 1 N–H and O–H groups in total. The first-order chi connectivity index (χ1) is 9.86. The van der Waals surface area contributed by atoms with Gasteiger partial charge in [-0.2, -0.15) is 0 Å². The van der Waals surface area contributed by atoms with Crippen molar-refractivity contribution >= 4 is 11.3 Å². The summed E-state index contributed by atoms with van der Waals surface area (Å²) in [6.45, 7) is 2.24. The second-order valence-electron chi connectivity index (χ2n) is 4.62. The first-order valence-corrected chi connectivity index (χ1v) is 7.45. The zero-order chi connectivity index (χ0) is 13.8. The number of hydrogen-bond acceptors (Lipinski definition) is 6. The van der Waals surface area contributed by atoms with Gasteiger partial charge in [0.2, 0.25) is 0 Å². The van der Waals surface area contributed by atoms with Gasteiger partial charge in [-0.15, -0.1) is 10.2 Å². The van der Waals surface area contributed by atoms with Gasteiger partial charge in [0.1, 0.15) is 10.8 Å². The van der Waals surface area contributed by atoms with E-state index in [-0.39, 0.29) is 6.10 Å². The SMILES string of the molecule is COCCNCc1nnc(C2Cc3ccccc3O2)s1. The molecule has 1 aliphatic heterocycles. The second kappa shape index (κ2) is 6.30. The maximum atomic E-state index is 5.92. The van der Waals surface area contributed by atoms with Crippen molar-refractivity contribution in [2.75, 3.05) is 20.3 Å². The van der Waals surface area contributed by atoms with E-state index in [0.29, 0.717) is 6.61 Å². The van der Waals surface area contributed by atoms with Gasteiger partial charge in [-0.1, -0.05) is 29.5 Å². The van der Waals surface area contributed by atoms with Gasteiger partial charge >= 0.3 is 0 Å². The third kappa shape index (κ3) is 2.98. The molecule has 0 aliphatic carbocycles. The van der Waals surface area contributed by atoms with Crippen LogP contribution in [0.5, 0.6) is 5.75 Å². The zero-order valence-corrected chi connectivity index (χ0v) is 12.2. The van der Waals surface area contributed by atoms with Gasteiger partial charge in [-0.3, -0.25) is 0 Å². The van der Waals surface area contributed by atoms with Crippen LogP contribution in [0.3, 0.4) is 0 Å². The molecule has 1 atom stereocenters. The predicted octanol–water partition coefficient (Wildman–Crippen LogP) is 1.95. The van der Waals surface area contributed by atoms with E-state index < -0.39 is 0 Å². The normalized spacial score (nSPS) is 16.9. The van der Waals surface area contributed by atoms with Crippen molar-refractivity contribution in [3.63, 3.8) is 0 Å². The Balaban J connectivity index is 1.58. The van der Waals surface area contributed by atoms with E-state index in [1.54, 1.807) is 18.4 Å². The summed E-state index contributed by atoms with van der Waals surface area (Å²) in [6, 6.07) is 8.13. The van der Waals surface area contributed by atoms with E-state index in [9.17, 15) is 0 Å². The number of fused-ring (bicyclic) bond motifs is 1. The van der Waals surface area contributed by atoms with Crippen molar-refractivity contribution in [3.8, 4) is 5.75 Å². The summed E-state index contributed by atoms with van der Waals surface area (Å²) in [4.78, 5) is 0. The molecule has 6 heteroatoms. The number of aromatic nitrogens is 2.